The first-order valence-electron chi connectivity index (χ1n) is 5.01. The summed E-state index contributed by atoms with van der Waals surface area (Å²) in [6, 6.07) is 0. The Kier molecular flexibility index (Phi) is 4.35. The van der Waals surface area contributed by atoms with Crippen molar-refractivity contribution in [3.8, 4) is 0 Å². The van der Waals surface area contributed by atoms with Crippen LogP contribution in [-0.4, -0.2) is 42.2 Å². The third-order valence-corrected chi connectivity index (χ3v) is 4.14. The molecule has 0 aliphatic heterocycles. The number of aromatic nitrogens is 2. The highest BCUT2D eigenvalue weighted by Crippen LogP contribution is 2.22. The molecule has 0 bridgehead atoms. The van der Waals surface area contributed by atoms with Crippen LogP contribution in [0.1, 0.15) is 12.5 Å². The van der Waals surface area contributed by atoms with Gasteiger partial charge in [0.15, 0.2) is 5.03 Å². The minimum atomic E-state index is -4.61. The quantitative estimate of drug-likeness (QED) is 0.821. The molecule has 0 spiro atoms. The Bertz CT molecular complexity index is 497. The molecular weight excluding hydrogens is 273 g/mol. The van der Waals surface area contributed by atoms with E-state index in [9.17, 15) is 21.6 Å². The van der Waals surface area contributed by atoms with Crippen LogP contribution >= 0.6 is 0 Å². The summed E-state index contributed by atoms with van der Waals surface area (Å²) in [6.07, 6.45) is -3.43. The molecule has 1 rings (SSSR count). The lowest BCUT2D eigenvalue weighted by atomic mass is 10.4. The Morgan fingerprint density at radius 2 is 2.11 bits per heavy atom. The van der Waals surface area contributed by atoms with E-state index in [4.69, 9.17) is 5.73 Å². The van der Waals surface area contributed by atoms with Gasteiger partial charge in [0.25, 0.3) is 10.0 Å². The molecule has 0 aromatic carbocycles. The number of hydrogen-bond donors (Lipinski definition) is 2. The molecule has 1 aromatic heterocycles. The second-order valence-electron chi connectivity index (χ2n) is 3.47. The third kappa shape index (κ3) is 3.21. The van der Waals surface area contributed by atoms with Crippen LogP contribution < -0.4 is 5.73 Å². The monoisotopic (exact) mass is 286 g/mol. The molecule has 0 saturated carbocycles. The van der Waals surface area contributed by atoms with Gasteiger partial charge in [-0.3, -0.25) is 5.10 Å². The van der Waals surface area contributed by atoms with Gasteiger partial charge in [-0.15, -0.1) is 0 Å². The highest BCUT2D eigenvalue weighted by Gasteiger charge is 2.37. The molecule has 104 valence electrons. The van der Waals surface area contributed by atoms with Gasteiger partial charge < -0.3 is 5.73 Å². The maximum Gasteiger partial charge on any atom is 0.402 e. The van der Waals surface area contributed by atoms with E-state index < -0.39 is 27.8 Å². The van der Waals surface area contributed by atoms with Gasteiger partial charge in [0.1, 0.15) is 6.54 Å². The van der Waals surface area contributed by atoms with E-state index in [0.717, 1.165) is 0 Å². The second kappa shape index (κ2) is 5.24. The predicted molar refractivity (Wildman–Crippen MR) is 57.0 cm³/mol. The molecule has 1 heterocycles. The van der Waals surface area contributed by atoms with Crippen LogP contribution in [0.2, 0.25) is 0 Å². The molecule has 0 radical (unpaired) electrons. The number of hydrogen-bond acceptors (Lipinski definition) is 4. The van der Waals surface area contributed by atoms with Gasteiger partial charge in [-0.1, -0.05) is 6.92 Å². The Morgan fingerprint density at radius 3 is 2.56 bits per heavy atom. The van der Waals surface area contributed by atoms with Crippen molar-refractivity contribution >= 4 is 10.0 Å². The highest BCUT2D eigenvalue weighted by molar-refractivity contribution is 7.89. The maximum absolute atomic E-state index is 12.3. The second-order valence-corrected chi connectivity index (χ2v) is 5.35. The minimum Gasteiger partial charge on any atom is -0.326 e. The Labute approximate surface area is 102 Å². The fraction of sp³-hybridized carbons (Fsp3) is 0.625. The van der Waals surface area contributed by atoms with Crippen LogP contribution in [0.25, 0.3) is 0 Å². The van der Waals surface area contributed by atoms with Crippen molar-refractivity contribution in [2.24, 2.45) is 5.73 Å². The van der Waals surface area contributed by atoms with Gasteiger partial charge in [-0.25, -0.2) is 8.42 Å². The van der Waals surface area contributed by atoms with Crippen molar-refractivity contribution in [3.05, 3.63) is 11.8 Å². The van der Waals surface area contributed by atoms with Crippen molar-refractivity contribution in [2.45, 2.75) is 24.7 Å². The highest BCUT2D eigenvalue weighted by atomic mass is 32.2. The number of alkyl halides is 3. The molecule has 0 amide bonds. The van der Waals surface area contributed by atoms with E-state index in [0.29, 0.717) is 4.31 Å². The summed E-state index contributed by atoms with van der Waals surface area (Å²) in [5, 5.41) is 5.26. The SMILES string of the molecule is CCN(CC(F)(F)F)S(=O)(=O)c1[nH]ncc1CN. The van der Waals surface area contributed by atoms with Crippen molar-refractivity contribution < 1.29 is 21.6 Å². The van der Waals surface area contributed by atoms with Crippen LogP contribution in [0.3, 0.4) is 0 Å². The lowest BCUT2D eigenvalue weighted by Gasteiger charge is -2.21. The molecule has 0 unspecified atom stereocenters. The topological polar surface area (TPSA) is 92.1 Å². The van der Waals surface area contributed by atoms with Gasteiger partial charge in [-0.05, 0) is 0 Å². The number of rotatable bonds is 5. The third-order valence-electron chi connectivity index (χ3n) is 2.20. The van der Waals surface area contributed by atoms with Crippen LogP contribution in [0.4, 0.5) is 13.2 Å². The molecule has 0 fully saturated rings. The van der Waals surface area contributed by atoms with Gasteiger partial charge in [0.2, 0.25) is 0 Å². The predicted octanol–water partition coefficient (Wildman–Crippen LogP) is 0.441. The first-order valence-corrected chi connectivity index (χ1v) is 6.45. The summed E-state index contributed by atoms with van der Waals surface area (Å²) in [7, 11) is -4.27. The van der Waals surface area contributed by atoms with E-state index in [2.05, 4.69) is 10.2 Å². The molecule has 0 atom stereocenters. The van der Waals surface area contributed by atoms with Crippen molar-refractivity contribution in [1.82, 2.24) is 14.5 Å². The number of halogens is 3. The number of nitrogens with zero attached hydrogens (tertiary/aromatic N) is 2. The fourth-order valence-electron chi connectivity index (χ4n) is 1.36. The van der Waals surface area contributed by atoms with Crippen molar-refractivity contribution in [3.63, 3.8) is 0 Å². The summed E-state index contributed by atoms with van der Waals surface area (Å²) < 4.78 is 61.2. The summed E-state index contributed by atoms with van der Waals surface area (Å²) in [5.74, 6) is 0. The fourth-order valence-corrected chi connectivity index (χ4v) is 2.91. The van der Waals surface area contributed by atoms with E-state index in [-0.39, 0.29) is 18.7 Å². The standard InChI is InChI=1S/C8H13F3N4O2S/c1-2-15(5-8(9,10)11)18(16,17)7-6(3-12)4-13-14-7/h4H,2-3,5,12H2,1H3,(H,13,14). The van der Waals surface area contributed by atoms with E-state index in [1.165, 1.54) is 13.1 Å². The summed E-state index contributed by atoms with van der Waals surface area (Å²) >= 11 is 0. The van der Waals surface area contributed by atoms with Crippen LogP contribution in [0.15, 0.2) is 11.2 Å². The first kappa shape index (κ1) is 14.9. The van der Waals surface area contributed by atoms with Crippen molar-refractivity contribution in [2.75, 3.05) is 13.1 Å². The zero-order chi connectivity index (χ0) is 14.0. The van der Waals surface area contributed by atoms with Gasteiger partial charge in [0, 0.05) is 18.7 Å². The van der Waals surface area contributed by atoms with Crippen LogP contribution in [0.5, 0.6) is 0 Å². The number of nitrogens with one attached hydrogen (secondary N) is 1. The zero-order valence-electron chi connectivity index (χ0n) is 9.53. The minimum absolute atomic E-state index is 0.130. The molecular formula is C8H13F3N4O2S. The number of aromatic amines is 1. The van der Waals surface area contributed by atoms with Gasteiger partial charge >= 0.3 is 6.18 Å². The lowest BCUT2D eigenvalue weighted by Crippen LogP contribution is -2.39. The summed E-state index contributed by atoms with van der Waals surface area (Å²) in [6.45, 7) is -0.657. The molecule has 1 aromatic rings. The molecule has 10 heteroatoms. The van der Waals surface area contributed by atoms with Gasteiger partial charge in [-0.2, -0.15) is 22.6 Å². The Balaban J connectivity index is 3.12. The van der Waals surface area contributed by atoms with E-state index in [1.54, 1.807) is 0 Å². The van der Waals surface area contributed by atoms with E-state index in [1.807, 2.05) is 0 Å². The molecule has 6 nitrogen and oxygen atoms in total. The summed E-state index contributed by atoms with van der Waals surface area (Å²) in [4.78, 5) is 0. The smallest absolute Gasteiger partial charge is 0.326 e. The number of sulfonamides is 1. The zero-order valence-corrected chi connectivity index (χ0v) is 10.3. The first-order chi connectivity index (χ1) is 8.22. The largest absolute Gasteiger partial charge is 0.402 e. The van der Waals surface area contributed by atoms with Crippen LogP contribution in [0, 0.1) is 0 Å². The van der Waals surface area contributed by atoms with Crippen LogP contribution in [-0.2, 0) is 16.6 Å². The van der Waals surface area contributed by atoms with Crippen molar-refractivity contribution in [1.29, 1.82) is 0 Å². The molecule has 0 aliphatic carbocycles. The lowest BCUT2D eigenvalue weighted by molar-refractivity contribution is -0.135. The normalized spacial score (nSPS) is 13.2. The molecule has 0 saturated heterocycles. The molecule has 3 N–H and O–H groups in total. The molecule has 0 aliphatic rings. The average molecular weight is 286 g/mol. The number of H-pyrrole nitrogens is 1. The molecule has 18 heavy (non-hydrogen) atoms. The Hall–Kier alpha value is -1.13. The maximum atomic E-state index is 12.3. The van der Waals surface area contributed by atoms with Gasteiger partial charge in [0.05, 0.1) is 6.20 Å². The summed E-state index contributed by atoms with van der Waals surface area (Å²) in [5.41, 5.74) is 5.44. The average Bonchev–Trinajstić information content (AvgIpc) is 2.72. The Morgan fingerprint density at radius 1 is 1.50 bits per heavy atom. The van der Waals surface area contributed by atoms with E-state index >= 15 is 0 Å². The number of nitrogens with two attached hydrogens (primary N) is 1.